The number of nitrogens with zero attached hydrogens (tertiary/aromatic N) is 3. The highest BCUT2D eigenvalue weighted by Crippen LogP contribution is 2.23. The summed E-state index contributed by atoms with van der Waals surface area (Å²) in [5.41, 5.74) is 1.90. The predicted molar refractivity (Wildman–Crippen MR) is 80.5 cm³/mol. The van der Waals surface area contributed by atoms with E-state index in [-0.39, 0.29) is 0 Å². The predicted octanol–water partition coefficient (Wildman–Crippen LogP) is 2.78. The summed E-state index contributed by atoms with van der Waals surface area (Å²) < 4.78 is 0. The Kier molecular flexibility index (Phi) is 5.92. The van der Waals surface area contributed by atoms with Crippen LogP contribution >= 0.6 is 0 Å². The first-order chi connectivity index (χ1) is 9.42. The van der Waals surface area contributed by atoms with Gasteiger partial charge < -0.3 is 10.0 Å². The van der Waals surface area contributed by atoms with Gasteiger partial charge in [-0.25, -0.2) is 4.79 Å². The van der Waals surface area contributed by atoms with E-state index in [1.165, 1.54) is 0 Å². The summed E-state index contributed by atoms with van der Waals surface area (Å²) in [7, 11) is 1.88. The summed E-state index contributed by atoms with van der Waals surface area (Å²) in [4.78, 5) is 13.5. The van der Waals surface area contributed by atoms with E-state index in [0.717, 1.165) is 24.2 Å². The minimum absolute atomic E-state index is 0.311. The molecule has 0 spiro atoms. The van der Waals surface area contributed by atoms with Crippen LogP contribution in [0.4, 0.5) is 5.82 Å². The Morgan fingerprint density at radius 2 is 1.90 bits per heavy atom. The first-order valence-electron chi connectivity index (χ1n) is 7.25. The van der Waals surface area contributed by atoms with Crippen molar-refractivity contribution in [2.75, 3.05) is 18.5 Å². The molecule has 0 unspecified atom stereocenters. The van der Waals surface area contributed by atoms with Crippen LogP contribution in [-0.2, 0) is 12.8 Å². The van der Waals surface area contributed by atoms with Crippen molar-refractivity contribution in [2.45, 2.75) is 47.0 Å². The van der Waals surface area contributed by atoms with Gasteiger partial charge in [-0.1, -0.05) is 27.7 Å². The second kappa shape index (κ2) is 7.22. The van der Waals surface area contributed by atoms with Gasteiger partial charge in [-0.05, 0) is 30.7 Å². The van der Waals surface area contributed by atoms with Crippen LogP contribution in [0.1, 0.15) is 55.7 Å². The Labute approximate surface area is 121 Å². The van der Waals surface area contributed by atoms with Gasteiger partial charge >= 0.3 is 5.97 Å². The maximum Gasteiger partial charge on any atom is 0.339 e. The molecule has 0 fully saturated rings. The van der Waals surface area contributed by atoms with Gasteiger partial charge in [0.2, 0.25) is 0 Å². The monoisotopic (exact) mass is 279 g/mol. The fourth-order valence-electron chi connectivity index (χ4n) is 2.21. The van der Waals surface area contributed by atoms with Gasteiger partial charge in [-0.3, -0.25) is 0 Å². The van der Waals surface area contributed by atoms with Crippen LogP contribution in [0, 0.1) is 5.92 Å². The summed E-state index contributed by atoms with van der Waals surface area (Å²) in [6.07, 6.45) is 2.35. The third-order valence-corrected chi connectivity index (χ3v) is 3.44. The van der Waals surface area contributed by atoms with E-state index in [1.54, 1.807) is 0 Å². The van der Waals surface area contributed by atoms with Gasteiger partial charge in [0.25, 0.3) is 0 Å². The Balaban J connectivity index is 3.22. The molecule has 0 atom stereocenters. The largest absolute Gasteiger partial charge is 0.478 e. The highest BCUT2D eigenvalue weighted by atomic mass is 16.4. The number of anilines is 1. The van der Waals surface area contributed by atoms with Crippen molar-refractivity contribution in [3.8, 4) is 0 Å². The number of hydrogen-bond acceptors (Lipinski definition) is 4. The molecule has 1 heterocycles. The van der Waals surface area contributed by atoms with Gasteiger partial charge in [-0.15, -0.1) is 5.10 Å². The highest BCUT2D eigenvalue weighted by molar-refractivity contribution is 5.95. The topological polar surface area (TPSA) is 66.3 Å². The summed E-state index contributed by atoms with van der Waals surface area (Å²) in [6.45, 7) is 9.00. The van der Waals surface area contributed by atoms with E-state index in [0.29, 0.717) is 30.1 Å². The average molecular weight is 279 g/mol. The smallest absolute Gasteiger partial charge is 0.339 e. The lowest BCUT2D eigenvalue weighted by Gasteiger charge is -2.22. The number of carboxylic acid groups (broad SMARTS) is 1. The molecule has 1 N–H and O–H groups in total. The fourth-order valence-corrected chi connectivity index (χ4v) is 2.21. The minimum Gasteiger partial charge on any atom is -0.478 e. The number of hydrogen-bond donors (Lipinski definition) is 1. The molecule has 5 nitrogen and oxygen atoms in total. The van der Waals surface area contributed by atoms with Crippen molar-refractivity contribution in [2.24, 2.45) is 5.92 Å². The van der Waals surface area contributed by atoms with Crippen molar-refractivity contribution in [3.63, 3.8) is 0 Å². The molecule has 1 rings (SSSR count). The van der Waals surface area contributed by atoms with E-state index in [1.807, 2.05) is 25.8 Å². The summed E-state index contributed by atoms with van der Waals surface area (Å²) >= 11 is 0. The fraction of sp³-hybridized carbons (Fsp3) is 0.667. The van der Waals surface area contributed by atoms with Crippen LogP contribution < -0.4 is 4.90 Å². The number of carboxylic acids is 1. The normalized spacial score (nSPS) is 10.9. The van der Waals surface area contributed by atoms with Crippen LogP contribution in [0.3, 0.4) is 0 Å². The van der Waals surface area contributed by atoms with Crippen LogP contribution in [0.25, 0.3) is 0 Å². The molecule has 0 aliphatic heterocycles. The molecule has 0 aliphatic carbocycles. The minimum atomic E-state index is -0.919. The number of aromatic carboxylic acids is 1. The number of rotatable bonds is 7. The molecule has 0 radical (unpaired) electrons. The standard InChI is InChI=1S/C15H25N3O2/c1-6-11-12(7-2)16-17-14(13(11)15(19)20)18(5)9-8-10(3)4/h10H,6-9H2,1-5H3,(H,19,20). The van der Waals surface area contributed by atoms with Crippen molar-refractivity contribution in [1.82, 2.24) is 10.2 Å². The van der Waals surface area contributed by atoms with E-state index in [4.69, 9.17) is 0 Å². The first-order valence-corrected chi connectivity index (χ1v) is 7.25. The summed E-state index contributed by atoms with van der Waals surface area (Å²) in [6, 6.07) is 0. The Hall–Kier alpha value is -1.65. The number of aryl methyl sites for hydroxylation is 1. The molecule has 20 heavy (non-hydrogen) atoms. The first kappa shape index (κ1) is 16.4. The molecule has 0 saturated carbocycles. The SMILES string of the molecule is CCc1nnc(N(C)CCC(C)C)c(C(=O)O)c1CC. The lowest BCUT2D eigenvalue weighted by molar-refractivity contribution is 0.0695. The van der Waals surface area contributed by atoms with Crippen LogP contribution in [-0.4, -0.2) is 34.9 Å². The third-order valence-electron chi connectivity index (χ3n) is 3.44. The average Bonchev–Trinajstić information content (AvgIpc) is 2.42. The summed E-state index contributed by atoms with van der Waals surface area (Å²) in [5, 5.41) is 17.9. The van der Waals surface area contributed by atoms with Crippen molar-refractivity contribution >= 4 is 11.8 Å². The van der Waals surface area contributed by atoms with Gasteiger partial charge in [0, 0.05) is 13.6 Å². The van der Waals surface area contributed by atoms with Gasteiger partial charge in [-0.2, -0.15) is 5.10 Å². The molecular weight excluding hydrogens is 254 g/mol. The van der Waals surface area contributed by atoms with Gasteiger partial charge in [0.1, 0.15) is 5.56 Å². The van der Waals surface area contributed by atoms with E-state index < -0.39 is 5.97 Å². The van der Waals surface area contributed by atoms with E-state index in [9.17, 15) is 9.90 Å². The lowest BCUT2D eigenvalue weighted by Crippen LogP contribution is -2.25. The molecule has 1 aromatic heterocycles. The Bertz CT molecular complexity index is 472. The molecule has 0 saturated heterocycles. The second-order valence-electron chi connectivity index (χ2n) is 5.44. The molecule has 1 aromatic rings. The number of carbonyl (C=O) groups is 1. The van der Waals surface area contributed by atoms with Crippen molar-refractivity contribution < 1.29 is 9.90 Å². The quantitative estimate of drug-likeness (QED) is 0.831. The van der Waals surface area contributed by atoms with Gasteiger partial charge in [0.05, 0.1) is 5.69 Å². The van der Waals surface area contributed by atoms with Crippen LogP contribution in [0.5, 0.6) is 0 Å². The van der Waals surface area contributed by atoms with Crippen LogP contribution in [0.2, 0.25) is 0 Å². The molecule has 0 aliphatic rings. The van der Waals surface area contributed by atoms with E-state index >= 15 is 0 Å². The molecular formula is C15H25N3O2. The lowest BCUT2D eigenvalue weighted by atomic mass is 10.0. The maximum absolute atomic E-state index is 11.6. The third kappa shape index (κ3) is 3.68. The van der Waals surface area contributed by atoms with Crippen molar-refractivity contribution in [1.29, 1.82) is 0 Å². The van der Waals surface area contributed by atoms with Crippen molar-refractivity contribution in [3.05, 3.63) is 16.8 Å². The molecule has 0 amide bonds. The zero-order valence-electron chi connectivity index (χ0n) is 13.1. The molecule has 5 heteroatoms. The Morgan fingerprint density at radius 3 is 2.35 bits per heavy atom. The van der Waals surface area contributed by atoms with E-state index in [2.05, 4.69) is 24.0 Å². The maximum atomic E-state index is 11.6. The zero-order valence-corrected chi connectivity index (χ0v) is 13.1. The van der Waals surface area contributed by atoms with Gasteiger partial charge in [0.15, 0.2) is 5.82 Å². The second-order valence-corrected chi connectivity index (χ2v) is 5.44. The molecule has 112 valence electrons. The molecule has 0 bridgehead atoms. The Morgan fingerprint density at radius 1 is 1.25 bits per heavy atom. The zero-order chi connectivity index (χ0) is 15.3. The molecule has 0 aromatic carbocycles. The summed E-state index contributed by atoms with van der Waals surface area (Å²) in [5.74, 6) is 0.129. The highest BCUT2D eigenvalue weighted by Gasteiger charge is 2.22. The van der Waals surface area contributed by atoms with Crippen LogP contribution in [0.15, 0.2) is 0 Å². The number of aromatic nitrogens is 2.